The lowest BCUT2D eigenvalue weighted by Crippen LogP contribution is -2.25. The second-order valence-electron chi connectivity index (χ2n) is 10.5. The lowest BCUT2D eigenvalue weighted by molar-refractivity contribution is 0.0676. The van der Waals surface area contributed by atoms with Crippen molar-refractivity contribution in [2.45, 2.75) is 70.1 Å². The van der Waals surface area contributed by atoms with Gasteiger partial charge in [0.05, 0.1) is 31.1 Å². The van der Waals surface area contributed by atoms with E-state index in [-0.39, 0.29) is 23.8 Å². The van der Waals surface area contributed by atoms with Gasteiger partial charge in [0.25, 0.3) is 0 Å². The SMILES string of the molecule is CCC(Cc1cc(-c2ccc([C@H]3CC[C@H](Oc4c(C(=O)O)nnn4Cc4ccc(OC)cc4)CC3)cc2)[nH]n1)OC. The number of aromatic nitrogens is 5. The third-order valence-corrected chi connectivity index (χ3v) is 7.89. The van der Waals surface area contributed by atoms with Crippen LogP contribution in [0.2, 0.25) is 0 Å². The number of carbonyl (C=O) groups is 1. The number of hydrogen-bond acceptors (Lipinski definition) is 7. The smallest absolute Gasteiger partial charge is 0.362 e. The molecule has 1 aliphatic carbocycles. The first kappa shape index (κ1) is 28.4. The molecule has 1 unspecified atom stereocenters. The van der Waals surface area contributed by atoms with E-state index < -0.39 is 5.97 Å². The Kier molecular flexibility index (Phi) is 8.98. The highest BCUT2D eigenvalue weighted by Gasteiger charge is 2.28. The van der Waals surface area contributed by atoms with Gasteiger partial charge in [-0.25, -0.2) is 9.48 Å². The second kappa shape index (κ2) is 13.0. The molecule has 2 aromatic carbocycles. The molecule has 0 radical (unpaired) electrons. The van der Waals surface area contributed by atoms with Gasteiger partial charge in [0.2, 0.25) is 11.6 Å². The minimum Gasteiger partial charge on any atom is -0.497 e. The molecular weight excluding hydrogens is 522 g/mol. The first-order valence-electron chi connectivity index (χ1n) is 14.1. The average molecular weight is 560 g/mol. The largest absolute Gasteiger partial charge is 0.497 e. The number of H-pyrrole nitrogens is 1. The van der Waals surface area contributed by atoms with Crippen molar-refractivity contribution in [1.29, 1.82) is 0 Å². The number of carboxylic acids is 1. The molecular formula is C31H37N5O5. The van der Waals surface area contributed by atoms with E-state index >= 15 is 0 Å². The van der Waals surface area contributed by atoms with Gasteiger partial charge in [-0.15, -0.1) is 5.10 Å². The maximum Gasteiger partial charge on any atom is 0.362 e. The topological polar surface area (TPSA) is 124 Å². The maximum atomic E-state index is 11.8. The molecule has 0 saturated heterocycles. The molecule has 10 nitrogen and oxygen atoms in total. The van der Waals surface area contributed by atoms with E-state index in [2.05, 4.69) is 57.8 Å². The Morgan fingerprint density at radius 1 is 1.07 bits per heavy atom. The van der Waals surface area contributed by atoms with Crippen molar-refractivity contribution in [2.75, 3.05) is 14.2 Å². The van der Waals surface area contributed by atoms with Gasteiger partial charge in [0.1, 0.15) is 11.9 Å². The minimum atomic E-state index is -1.15. The van der Waals surface area contributed by atoms with Gasteiger partial charge < -0.3 is 19.3 Å². The predicted octanol–water partition coefficient (Wildman–Crippen LogP) is 5.50. The fraction of sp³-hybridized carbons (Fsp3) is 0.419. The number of aromatic amines is 1. The van der Waals surface area contributed by atoms with Crippen LogP contribution in [0.4, 0.5) is 0 Å². The Balaban J connectivity index is 1.19. The van der Waals surface area contributed by atoms with Gasteiger partial charge in [0, 0.05) is 13.5 Å². The summed E-state index contributed by atoms with van der Waals surface area (Å²) < 4.78 is 18.5. The quantitative estimate of drug-likeness (QED) is 0.233. The standard InChI is InChI=1S/C31H37N5O5/c1-4-25(39-2)17-24-18-28(33-32-24)23-9-7-21(8-10-23)22-11-15-27(16-12-22)41-30-29(31(37)38)34-35-36(30)19-20-5-13-26(40-3)14-6-20/h5-10,13-14,18,22,25,27H,4,11-12,15-17,19H2,1-3H3,(H,32,33)(H,37,38)/t22-,25?,27-. The van der Waals surface area contributed by atoms with Gasteiger partial charge in [-0.1, -0.05) is 48.5 Å². The van der Waals surface area contributed by atoms with Crippen LogP contribution in [0.15, 0.2) is 54.6 Å². The number of benzene rings is 2. The van der Waals surface area contributed by atoms with Crippen molar-refractivity contribution in [3.63, 3.8) is 0 Å². The predicted molar refractivity (Wildman–Crippen MR) is 154 cm³/mol. The highest BCUT2D eigenvalue weighted by molar-refractivity contribution is 5.87. The molecule has 1 saturated carbocycles. The molecule has 1 aliphatic rings. The molecule has 1 atom stereocenters. The molecule has 10 heteroatoms. The Labute approximate surface area is 239 Å². The first-order chi connectivity index (χ1) is 20.0. The normalized spacial score (nSPS) is 17.7. The van der Waals surface area contributed by atoms with Crippen LogP contribution >= 0.6 is 0 Å². The van der Waals surface area contributed by atoms with Gasteiger partial charge in [-0.05, 0) is 72.9 Å². The van der Waals surface area contributed by atoms with E-state index in [0.29, 0.717) is 12.5 Å². The number of nitrogens with one attached hydrogen (secondary N) is 1. The Hall–Kier alpha value is -4.18. The van der Waals surface area contributed by atoms with E-state index in [1.165, 1.54) is 10.2 Å². The van der Waals surface area contributed by atoms with Crippen LogP contribution in [0.3, 0.4) is 0 Å². The van der Waals surface area contributed by atoms with Crippen LogP contribution in [0, 0.1) is 0 Å². The van der Waals surface area contributed by atoms with Crippen molar-refractivity contribution in [2.24, 2.45) is 0 Å². The molecule has 4 aromatic rings. The van der Waals surface area contributed by atoms with E-state index in [0.717, 1.165) is 66.8 Å². The van der Waals surface area contributed by atoms with Crippen molar-refractivity contribution >= 4 is 5.97 Å². The number of nitrogens with zero attached hydrogens (tertiary/aromatic N) is 4. The molecule has 0 spiro atoms. The van der Waals surface area contributed by atoms with Crippen LogP contribution in [-0.2, 0) is 17.7 Å². The Morgan fingerprint density at radius 3 is 2.44 bits per heavy atom. The summed E-state index contributed by atoms with van der Waals surface area (Å²) in [4.78, 5) is 11.8. The first-order valence-corrected chi connectivity index (χ1v) is 14.1. The van der Waals surface area contributed by atoms with Gasteiger partial charge >= 0.3 is 5.97 Å². The van der Waals surface area contributed by atoms with Crippen molar-refractivity contribution < 1.29 is 24.1 Å². The van der Waals surface area contributed by atoms with Crippen molar-refractivity contribution in [3.05, 3.63) is 77.1 Å². The minimum absolute atomic E-state index is 0.0980. The number of rotatable bonds is 12. The molecule has 0 bridgehead atoms. The number of carboxylic acid groups (broad SMARTS) is 1. The Bertz CT molecular complexity index is 1420. The van der Waals surface area contributed by atoms with Crippen LogP contribution < -0.4 is 9.47 Å². The maximum absolute atomic E-state index is 11.8. The zero-order valence-electron chi connectivity index (χ0n) is 23.7. The van der Waals surface area contributed by atoms with E-state index in [1.807, 2.05) is 24.3 Å². The molecule has 0 aliphatic heterocycles. The van der Waals surface area contributed by atoms with Gasteiger partial charge in [-0.3, -0.25) is 5.10 Å². The zero-order chi connectivity index (χ0) is 28.8. The van der Waals surface area contributed by atoms with E-state index in [1.54, 1.807) is 14.2 Å². The average Bonchev–Trinajstić information content (AvgIpc) is 3.64. The van der Waals surface area contributed by atoms with Gasteiger partial charge in [-0.2, -0.15) is 5.10 Å². The number of hydrogen-bond donors (Lipinski definition) is 2. The molecule has 5 rings (SSSR count). The monoisotopic (exact) mass is 559 g/mol. The summed E-state index contributed by atoms with van der Waals surface area (Å²) in [6.45, 7) is 2.47. The molecule has 2 aromatic heterocycles. The van der Waals surface area contributed by atoms with Crippen LogP contribution in [0.25, 0.3) is 11.3 Å². The molecule has 216 valence electrons. The summed E-state index contributed by atoms with van der Waals surface area (Å²) >= 11 is 0. The molecule has 41 heavy (non-hydrogen) atoms. The fourth-order valence-electron chi connectivity index (χ4n) is 5.41. The third kappa shape index (κ3) is 6.77. The number of methoxy groups -OCH3 is 2. The molecule has 2 N–H and O–H groups in total. The molecule has 1 fully saturated rings. The summed E-state index contributed by atoms with van der Waals surface area (Å²) in [6.07, 6.45) is 5.37. The summed E-state index contributed by atoms with van der Waals surface area (Å²) in [5, 5.41) is 25.3. The van der Waals surface area contributed by atoms with Crippen LogP contribution in [0.5, 0.6) is 11.6 Å². The summed E-state index contributed by atoms with van der Waals surface area (Å²) in [6, 6.07) is 18.3. The number of ether oxygens (including phenoxy) is 3. The molecule has 0 amide bonds. The highest BCUT2D eigenvalue weighted by atomic mass is 16.5. The van der Waals surface area contributed by atoms with Gasteiger partial charge in [0.15, 0.2) is 0 Å². The zero-order valence-corrected chi connectivity index (χ0v) is 23.7. The van der Waals surface area contributed by atoms with Crippen molar-refractivity contribution in [3.8, 4) is 22.9 Å². The summed E-state index contributed by atoms with van der Waals surface area (Å²) in [7, 11) is 3.35. The lowest BCUT2D eigenvalue weighted by atomic mass is 9.82. The summed E-state index contributed by atoms with van der Waals surface area (Å²) in [5.74, 6) is 0.230. The third-order valence-electron chi connectivity index (χ3n) is 7.89. The molecule has 2 heterocycles. The van der Waals surface area contributed by atoms with Crippen LogP contribution in [-0.4, -0.2) is 62.7 Å². The van der Waals surface area contributed by atoms with E-state index in [9.17, 15) is 9.90 Å². The fourth-order valence-corrected chi connectivity index (χ4v) is 5.41. The van der Waals surface area contributed by atoms with E-state index in [4.69, 9.17) is 14.2 Å². The second-order valence-corrected chi connectivity index (χ2v) is 10.5. The van der Waals surface area contributed by atoms with Crippen molar-refractivity contribution in [1.82, 2.24) is 25.2 Å². The number of aromatic carboxylic acids is 1. The lowest BCUT2D eigenvalue weighted by Gasteiger charge is -2.29. The van der Waals surface area contributed by atoms with Crippen LogP contribution in [0.1, 0.15) is 72.3 Å². The summed E-state index contributed by atoms with van der Waals surface area (Å²) in [5.41, 5.74) is 5.19. The Morgan fingerprint density at radius 2 is 1.80 bits per heavy atom. The highest BCUT2D eigenvalue weighted by Crippen LogP contribution is 2.36.